The molecule has 0 saturated heterocycles. The summed E-state index contributed by atoms with van der Waals surface area (Å²) < 4.78 is 2.50. The molecule has 102 valence electrons. The average Bonchev–Trinajstić information content (AvgIpc) is 2.79. The van der Waals surface area contributed by atoms with Gasteiger partial charge in [-0.1, -0.05) is 6.92 Å². The molecule has 2 N–H and O–H groups in total. The molecule has 0 radical (unpaired) electrons. The molecule has 19 heavy (non-hydrogen) atoms. The largest absolute Gasteiger partial charge is 0.384 e. The first kappa shape index (κ1) is 13.5. The number of hydrogen-bond acceptors (Lipinski definition) is 5. The van der Waals surface area contributed by atoms with Crippen LogP contribution in [-0.4, -0.2) is 14.1 Å². The topological polar surface area (TPSA) is 82.9 Å². The van der Waals surface area contributed by atoms with Gasteiger partial charge in [0.1, 0.15) is 11.4 Å². The molecule has 0 saturated carbocycles. The lowest BCUT2D eigenvalue weighted by molar-refractivity contribution is 0.600. The Morgan fingerprint density at radius 1 is 1.42 bits per heavy atom. The zero-order chi connectivity index (χ0) is 14.2. The summed E-state index contributed by atoms with van der Waals surface area (Å²) in [6.45, 7) is 4.29. The summed E-state index contributed by atoms with van der Waals surface area (Å²) in [7, 11) is 1.46. The van der Waals surface area contributed by atoms with Gasteiger partial charge in [-0.25, -0.2) is 9.78 Å². The highest BCUT2D eigenvalue weighted by atomic mass is 32.1. The number of thiazole rings is 1. The zero-order valence-corrected chi connectivity index (χ0v) is 12.0. The van der Waals surface area contributed by atoms with Crippen molar-refractivity contribution in [3.63, 3.8) is 0 Å². The minimum absolute atomic E-state index is 0.195. The van der Waals surface area contributed by atoms with Crippen LogP contribution in [0.5, 0.6) is 0 Å². The van der Waals surface area contributed by atoms with Crippen LogP contribution >= 0.6 is 11.3 Å². The number of aromatic nitrogens is 3. The lowest BCUT2D eigenvalue weighted by atomic mass is 10.2. The van der Waals surface area contributed by atoms with Crippen LogP contribution in [-0.2, 0) is 13.6 Å². The number of nitrogen functional groups attached to an aromatic ring is 1. The molecule has 6 nitrogen and oxygen atoms in total. The molecule has 2 aromatic rings. The number of hydrogen-bond donors (Lipinski definition) is 1. The number of nitrogens with zero attached hydrogens (tertiary/aromatic N) is 3. The normalized spacial score (nSPS) is 10.9. The predicted molar refractivity (Wildman–Crippen MR) is 76.5 cm³/mol. The molecular weight excluding hydrogens is 264 g/mol. The van der Waals surface area contributed by atoms with E-state index in [1.807, 2.05) is 13.8 Å². The van der Waals surface area contributed by atoms with Gasteiger partial charge in [0.05, 0.1) is 10.7 Å². The Kier molecular flexibility index (Phi) is 3.57. The van der Waals surface area contributed by atoms with Crippen molar-refractivity contribution in [1.82, 2.24) is 14.1 Å². The maximum atomic E-state index is 12.2. The molecule has 0 aliphatic heterocycles. The van der Waals surface area contributed by atoms with Gasteiger partial charge in [0.2, 0.25) is 0 Å². The monoisotopic (exact) mass is 280 g/mol. The van der Waals surface area contributed by atoms with E-state index in [-0.39, 0.29) is 11.5 Å². The fraction of sp³-hybridized carbons (Fsp3) is 0.417. The van der Waals surface area contributed by atoms with Crippen LogP contribution in [0.15, 0.2) is 15.0 Å². The maximum absolute atomic E-state index is 12.2. The minimum atomic E-state index is -0.403. The molecule has 0 fully saturated rings. The van der Waals surface area contributed by atoms with Crippen LogP contribution in [0.4, 0.5) is 5.82 Å². The molecule has 2 rings (SSSR count). The van der Waals surface area contributed by atoms with Crippen LogP contribution < -0.4 is 17.0 Å². The van der Waals surface area contributed by atoms with Crippen molar-refractivity contribution in [1.29, 1.82) is 0 Å². The standard InChI is InChI=1S/C12H16N4O2S/c1-4-5-16-10(13)9(8-6-19-7(2)14-8)11(17)15(3)12(16)18/h6H,4-5,13H2,1-3H3. The van der Waals surface area contributed by atoms with Gasteiger partial charge < -0.3 is 5.73 Å². The van der Waals surface area contributed by atoms with Gasteiger partial charge in [-0.2, -0.15) is 0 Å². The molecule has 0 spiro atoms. The fourth-order valence-corrected chi connectivity index (χ4v) is 2.55. The van der Waals surface area contributed by atoms with E-state index < -0.39 is 5.56 Å². The molecule has 0 aliphatic carbocycles. The third kappa shape index (κ3) is 2.21. The van der Waals surface area contributed by atoms with Crippen LogP contribution in [0.2, 0.25) is 0 Å². The highest BCUT2D eigenvalue weighted by molar-refractivity contribution is 7.09. The summed E-state index contributed by atoms with van der Waals surface area (Å²) in [6.07, 6.45) is 0.762. The lowest BCUT2D eigenvalue weighted by Crippen LogP contribution is -2.40. The third-order valence-corrected chi connectivity index (χ3v) is 3.68. The Labute approximate surface area is 114 Å². The Morgan fingerprint density at radius 2 is 2.11 bits per heavy atom. The number of nitrogens with two attached hydrogens (primary N) is 1. The second-order valence-corrected chi connectivity index (χ2v) is 5.37. The molecule has 0 unspecified atom stereocenters. The van der Waals surface area contributed by atoms with Crippen molar-refractivity contribution in [2.24, 2.45) is 7.05 Å². The Balaban J connectivity index is 2.81. The van der Waals surface area contributed by atoms with Crippen LogP contribution in [0.1, 0.15) is 18.4 Å². The van der Waals surface area contributed by atoms with E-state index in [0.717, 1.165) is 16.0 Å². The zero-order valence-electron chi connectivity index (χ0n) is 11.1. The van der Waals surface area contributed by atoms with Crippen molar-refractivity contribution >= 4 is 17.2 Å². The summed E-state index contributed by atoms with van der Waals surface area (Å²) in [5.41, 5.74) is 6.04. The molecule has 0 bridgehead atoms. The highest BCUT2D eigenvalue weighted by Crippen LogP contribution is 2.22. The van der Waals surface area contributed by atoms with Crippen molar-refractivity contribution in [2.75, 3.05) is 5.73 Å². The molecule has 0 amide bonds. The summed E-state index contributed by atoms with van der Waals surface area (Å²) in [6, 6.07) is 0. The van der Waals surface area contributed by atoms with Crippen molar-refractivity contribution in [3.05, 3.63) is 31.2 Å². The van der Waals surface area contributed by atoms with Crippen LogP contribution in [0, 0.1) is 6.92 Å². The molecule has 2 heterocycles. The smallest absolute Gasteiger partial charge is 0.332 e. The Hall–Kier alpha value is -1.89. The van der Waals surface area contributed by atoms with E-state index in [0.29, 0.717) is 17.8 Å². The Morgan fingerprint density at radius 3 is 2.63 bits per heavy atom. The van der Waals surface area contributed by atoms with Crippen LogP contribution in [0.25, 0.3) is 11.3 Å². The number of rotatable bonds is 3. The highest BCUT2D eigenvalue weighted by Gasteiger charge is 2.18. The quantitative estimate of drug-likeness (QED) is 0.908. The first-order valence-electron chi connectivity index (χ1n) is 5.99. The van der Waals surface area contributed by atoms with Gasteiger partial charge in [0.15, 0.2) is 0 Å². The van der Waals surface area contributed by atoms with E-state index in [1.54, 1.807) is 5.38 Å². The summed E-state index contributed by atoms with van der Waals surface area (Å²) in [4.78, 5) is 28.5. The third-order valence-electron chi connectivity index (χ3n) is 2.91. The van der Waals surface area contributed by atoms with E-state index in [9.17, 15) is 9.59 Å². The molecule has 0 aliphatic rings. The van der Waals surface area contributed by atoms with E-state index in [2.05, 4.69) is 4.98 Å². The van der Waals surface area contributed by atoms with Gasteiger partial charge in [-0.15, -0.1) is 11.3 Å². The second kappa shape index (κ2) is 5.00. The lowest BCUT2D eigenvalue weighted by Gasteiger charge is -2.13. The van der Waals surface area contributed by atoms with Gasteiger partial charge in [0, 0.05) is 19.0 Å². The van der Waals surface area contributed by atoms with E-state index >= 15 is 0 Å². The summed E-state index contributed by atoms with van der Waals surface area (Å²) >= 11 is 1.44. The molecule has 7 heteroatoms. The first-order chi connectivity index (χ1) is 8.97. The van der Waals surface area contributed by atoms with Gasteiger partial charge in [0.25, 0.3) is 5.56 Å². The van der Waals surface area contributed by atoms with Crippen molar-refractivity contribution in [3.8, 4) is 11.3 Å². The molecule has 0 aromatic carbocycles. The predicted octanol–water partition coefficient (Wildman–Crippen LogP) is 0.971. The summed E-state index contributed by atoms with van der Waals surface area (Å²) in [5.74, 6) is 0.195. The van der Waals surface area contributed by atoms with Crippen molar-refractivity contribution in [2.45, 2.75) is 26.8 Å². The molecule has 2 aromatic heterocycles. The average molecular weight is 280 g/mol. The molecular formula is C12H16N4O2S. The number of aryl methyl sites for hydroxylation is 1. The Bertz CT molecular complexity index is 726. The van der Waals surface area contributed by atoms with Gasteiger partial charge >= 0.3 is 5.69 Å². The second-order valence-electron chi connectivity index (χ2n) is 4.31. The molecule has 0 atom stereocenters. The van der Waals surface area contributed by atoms with E-state index in [4.69, 9.17) is 5.73 Å². The maximum Gasteiger partial charge on any atom is 0.332 e. The van der Waals surface area contributed by atoms with E-state index in [1.165, 1.54) is 23.0 Å². The minimum Gasteiger partial charge on any atom is -0.384 e. The van der Waals surface area contributed by atoms with Gasteiger partial charge in [-0.3, -0.25) is 13.9 Å². The summed E-state index contributed by atoms with van der Waals surface area (Å²) in [5, 5.41) is 2.63. The fourth-order valence-electron chi connectivity index (χ4n) is 1.94. The van der Waals surface area contributed by atoms with Crippen LogP contribution in [0.3, 0.4) is 0 Å². The van der Waals surface area contributed by atoms with Crippen molar-refractivity contribution < 1.29 is 0 Å². The van der Waals surface area contributed by atoms with Gasteiger partial charge in [-0.05, 0) is 13.3 Å². The first-order valence-corrected chi connectivity index (χ1v) is 6.87. The number of anilines is 1. The SMILES string of the molecule is CCCn1c(N)c(-c2csc(C)n2)c(=O)n(C)c1=O.